The van der Waals surface area contributed by atoms with E-state index in [2.05, 4.69) is 10.1 Å². The van der Waals surface area contributed by atoms with Crippen molar-refractivity contribution in [2.24, 2.45) is 5.16 Å². The van der Waals surface area contributed by atoms with Crippen molar-refractivity contribution in [1.82, 2.24) is 4.98 Å². The largest absolute Gasteiger partial charge is 0.478 e. The Balaban J connectivity index is 2.97. The first kappa shape index (κ1) is 16.6. The van der Waals surface area contributed by atoms with E-state index in [-0.39, 0.29) is 17.2 Å². The molecule has 1 heterocycles. The predicted molar refractivity (Wildman–Crippen MR) is 77.9 cm³/mol. The highest BCUT2D eigenvalue weighted by Gasteiger charge is 2.35. The number of nitrogens with zero attached hydrogens (tertiary/aromatic N) is 2. The average Bonchev–Trinajstić information content (AvgIpc) is 2.45. The molecule has 1 unspecified atom stereocenters. The summed E-state index contributed by atoms with van der Waals surface area (Å²) in [6.45, 7) is 3.36. The molecule has 0 aliphatic heterocycles. The Labute approximate surface area is 122 Å². The van der Waals surface area contributed by atoms with Gasteiger partial charge in [-0.15, -0.1) is 0 Å². The van der Waals surface area contributed by atoms with Gasteiger partial charge in [-0.3, -0.25) is 4.79 Å². The van der Waals surface area contributed by atoms with Gasteiger partial charge in [0.1, 0.15) is 5.82 Å². The Kier molecular flexibility index (Phi) is 5.83. The molecular weight excluding hydrogens is 274 g/mol. The molecule has 114 valence electrons. The minimum atomic E-state index is -1.48. The quantitative estimate of drug-likeness (QED) is 0.427. The number of pyridine rings is 1. The maximum atomic E-state index is 11.3. The smallest absolute Gasteiger partial charge is 0.350 e. The maximum Gasteiger partial charge on any atom is 0.350 e. The molecule has 0 spiro atoms. The van der Waals surface area contributed by atoms with E-state index in [0.29, 0.717) is 19.1 Å². The second kappa shape index (κ2) is 7.37. The van der Waals surface area contributed by atoms with Crippen molar-refractivity contribution < 1.29 is 19.5 Å². The van der Waals surface area contributed by atoms with E-state index in [9.17, 15) is 14.7 Å². The fourth-order valence-electron chi connectivity index (χ4n) is 1.58. The minimum Gasteiger partial charge on any atom is -0.478 e. The number of carboxylic acid groups (broad SMARTS) is 1. The van der Waals surface area contributed by atoms with Crippen molar-refractivity contribution in [1.29, 1.82) is 0 Å². The van der Waals surface area contributed by atoms with E-state index in [1.165, 1.54) is 13.0 Å². The Morgan fingerprint density at radius 2 is 2.29 bits per heavy atom. The molecule has 0 aliphatic carbocycles. The molecule has 0 fully saturated rings. The van der Waals surface area contributed by atoms with Gasteiger partial charge in [0, 0.05) is 6.42 Å². The van der Waals surface area contributed by atoms with Crippen molar-refractivity contribution in [3.05, 3.63) is 23.9 Å². The number of anilines is 1. The number of hydrogen-bond donors (Lipinski definition) is 2. The van der Waals surface area contributed by atoms with E-state index in [4.69, 9.17) is 10.6 Å². The summed E-state index contributed by atoms with van der Waals surface area (Å²) in [5, 5.41) is 12.9. The van der Waals surface area contributed by atoms with Crippen LogP contribution in [-0.2, 0) is 14.4 Å². The molecule has 21 heavy (non-hydrogen) atoms. The Hall–Kier alpha value is -2.44. The highest BCUT2D eigenvalue weighted by atomic mass is 16.7. The molecule has 0 amide bonds. The Morgan fingerprint density at radius 3 is 2.81 bits per heavy atom. The van der Waals surface area contributed by atoms with Gasteiger partial charge in [0.25, 0.3) is 0 Å². The number of carbonyl (C=O) groups is 2. The van der Waals surface area contributed by atoms with Crippen LogP contribution < -0.4 is 5.73 Å². The first-order valence-corrected chi connectivity index (χ1v) is 6.60. The molecule has 3 N–H and O–H groups in total. The number of aromatic nitrogens is 1. The standard InChI is InChI=1S/C14H19N3O4/c1-3-4-8-14(2,13(19)20)21-17-11(9-18)10-6-5-7-12(15)16-10/h5-7,9H,3-4,8H2,1-2H3,(H2,15,16)(H,19,20). The van der Waals surface area contributed by atoms with Crippen molar-refractivity contribution in [3.8, 4) is 0 Å². The number of oxime groups is 1. The van der Waals surface area contributed by atoms with Crippen LogP contribution in [0.15, 0.2) is 23.4 Å². The minimum absolute atomic E-state index is 0.105. The zero-order valence-electron chi connectivity index (χ0n) is 12.1. The molecule has 7 nitrogen and oxygen atoms in total. The van der Waals surface area contributed by atoms with Gasteiger partial charge >= 0.3 is 5.97 Å². The second-order valence-electron chi connectivity index (χ2n) is 4.77. The van der Waals surface area contributed by atoms with Crippen LogP contribution in [0.4, 0.5) is 5.82 Å². The van der Waals surface area contributed by atoms with Crippen molar-refractivity contribution in [2.75, 3.05) is 5.73 Å². The molecule has 0 bridgehead atoms. The summed E-state index contributed by atoms with van der Waals surface area (Å²) in [6, 6.07) is 4.72. The molecule has 0 aromatic carbocycles. The molecule has 7 heteroatoms. The summed E-state index contributed by atoms with van der Waals surface area (Å²) in [6.07, 6.45) is 2.24. The third-order valence-electron chi connectivity index (χ3n) is 2.95. The van der Waals surface area contributed by atoms with Crippen molar-refractivity contribution in [2.45, 2.75) is 38.7 Å². The normalized spacial score (nSPS) is 14.3. The number of nitrogen functional groups attached to an aromatic ring is 1. The second-order valence-corrected chi connectivity index (χ2v) is 4.77. The molecule has 0 saturated carbocycles. The lowest BCUT2D eigenvalue weighted by Gasteiger charge is -2.22. The fraction of sp³-hybridized carbons (Fsp3) is 0.429. The summed E-state index contributed by atoms with van der Waals surface area (Å²) >= 11 is 0. The van der Waals surface area contributed by atoms with E-state index in [0.717, 1.165) is 6.42 Å². The molecule has 1 aromatic rings. The number of aliphatic carboxylic acids is 1. The van der Waals surface area contributed by atoms with Crippen molar-refractivity contribution in [3.63, 3.8) is 0 Å². The monoisotopic (exact) mass is 293 g/mol. The Bertz CT molecular complexity index is 545. The summed E-state index contributed by atoms with van der Waals surface area (Å²) in [4.78, 5) is 31.4. The van der Waals surface area contributed by atoms with E-state index in [1.807, 2.05) is 6.92 Å². The molecule has 1 rings (SSSR count). The molecular formula is C14H19N3O4. The highest BCUT2D eigenvalue weighted by molar-refractivity contribution is 6.35. The van der Waals surface area contributed by atoms with Gasteiger partial charge in [-0.1, -0.05) is 24.6 Å². The van der Waals surface area contributed by atoms with Gasteiger partial charge in [-0.25, -0.2) is 9.78 Å². The van der Waals surface area contributed by atoms with E-state index >= 15 is 0 Å². The molecule has 1 atom stereocenters. The number of rotatable bonds is 8. The van der Waals surface area contributed by atoms with Gasteiger partial charge in [0.05, 0.1) is 5.69 Å². The number of nitrogens with two attached hydrogens (primary N) is 1. The fourth-order valence-corrected chi connectivity index (χ4v) is 1.58. The number of unbranched alkanes of at least 4 members (excludes halogenated alkanes) is 1. The van der Waals surface area contributed by atoms with Gasteiger partial charge in [-0.2, -0.15) is 0 Å². The lowest BCUT2D eigenvalue weighted by molar-refractivity contribution is -0.164. The number of carbonyl (C=O) groups excluding carboxylic acids is 1. The SMILES string of the molecule is CCCCC(C)(ON=C(C=O)c1cccc(N)n1)C(=O)O. The zero-order chi connectivity index (χ0) is 15.9. The third-order valence-corrected chi connectivity index (χ3v) is 2.95. The molecule has 1 aromatic heterocycles. The average molecular weight is 293 g/mol. The van der Waals surface area contributed by atoms with Crippen LogP contribution in [0, 0.1) is 0 Å². The van der Waals surface area contributed by atoms with Crippen LogP contribution in [0.2, 0.25) is 0 Å². The van der Waals surface area contributed by atoms with Gasteiger partial charge in [0.15, 0.2) is 12.0 Å². The summed E-state index contributed by atoms with van der Waals surface area (Å²) in [5.41, 5.74) is 4.17. The van der Waals surface area contributed by atoms with Gasteiger partial charge < -0.3 is 15.7 Å². The van der Waals surface area contributed by atoms with Crippen LogP contribution >= 0.6 is 0 Å². The number of hydrogen-bond acceptors (Lipinski definition) is 6. The first-order valence-electron chi connectivity index (χ1n) is 6.60. The topological polar surface area (TPSA) is 115 Å². The summed E-state index contributed by atoms with van der Waals surface area (Å²) in [5.74, 6) is -0.903. The number of carboxylic acids is 1. The van der Waals surface area contributed by atoms with Gasteiger partial charge in [-0.05, 0) is 25.5 Å². The van der Waals surface area contributed by atoms with Crippen LogP contribution in [-0.4, -0.2) is 33.7 Å². The molecule has 0 radical (unpaired) electrons. The Morgan fingerprint density at radius 1 is 1.57 bits per heavy atom. The summed E-state index contributed by atoms with van der Waals surface area (Å²) in [7, 11) is 0. The van der Waals surface area contributed by atoms with Gasteiger partial charge in [0.2, 0.25) is 5.60 Å². The molecule has 0 aliphatic rings. The van der Waals surface area contributed by atoms with Crippen LogP contribution in [0.3, 0.4) is 0 Å². The number of aldehydes is 1. The first-order chi connectivity index (χ1) is 9.92. The van der Waals surface area contributed by atoms with E-state index < -0.39 is 11.6 Å². The van der Waals surface area contributed by atoms with Crippen LogP contribution in [0.5, 0.6) is 0 Å². The zero-order valence-corrected chi connectivity index (χ0v) is 12.1. The molecule has 0 saturated heterocycles. The van der Waals surface area contributed by atoms with E-state index in [1.54, 1.807) is 12.1 Å². The lowest BCUT2D eigenvalue weighted by Crippen LogP contribution is -2.37. The lowest BCUT2D eigenvalue weighted by atomic mass is 10.00. The third kappa shape index (κ3) is 4.55. The predicted octanol–water partition coefficient (Wildman–Crippen LogP) is 1.62. The maximum absolute atomic E-state index is 11.3. The van der Waals surface area contributed by atoms with Crippen LogP contribution in [0.25, 0.3) is 0 Å². The van der Waals surface area contributed by atoms with Crippen LogP contribution in [0.1, 0.15) is 38.8 Å². The highest BCUT2D eigenvalue weighted by Crippen LogP contribution is 2.20. The summed E-state index contributed by atoms with van der Waals surface area (Å²) < 4.78 is 0. The van der Waals surface area contributed by atoms with Crippen molar-refractivity contribution >= 4 is 23.8 Å².